The lowest BCUT2D eigenvalue weighted by Crippen LogP contribution is -2.41. The third-order valence-electron chi connectivity index (χ3n) is 7.66. The number of fused-ring (bicyclic) bond motifs is 1. The average molecular weight is 704 g/mol. The molecule has 4 atom stereocenters. The van der Waals surface area contributed by atoms with Gasteiger partial charge in [0.2, 0.25) is 0 Å². The number of alkyl halides is 1. The van der Waals surface area contributed by atoms with Gasteiger partial charge in [-0.3, -0.25) is 9.79 Å². The predicted molar refractivity (Wildman–Crippen MR) is 207 cm³/mol. The molecule has 8 heteroatoms. The minimum atomic E-state index is -0.912. The molecule has 2 heterocycles. The fraction of sp³-hybridized carbons (Fsp3) is 0.575. The molecule has 1 fully saturated rings. The summed E-state index contributed by atoms with van der Waals surface area (Å²) in [6, 6.07) is 5.82. The molecule has 0 amide bonds. The van der Waals surface area contributed by atoms with Crippen LogP contribution in [0.4, 0.5) is 8.78 Å². The topological polar surface area (TPSA) is 56.5 Å². The number of terminal acetylenes is 1. The number of allylic oxidation sites excluding steroid dienone is 4. The lowest BCUT2D eigenvalue weighted by atomic mass is 9.96. The van der Waals surface area contributed by atoms with Gasteiger partial charge in [0.15, 0.2) is 0 Å². The minimum absolute atomic E-state index is 0.245. The molecule has 2 aliphatic rings. The normalized spacial score (nSPS) is 17.1. The van der Waals surface area contributed by atoms with E-state index in [1.54, 1.807) is 24.3 Å². The van der Waals surface area contributed by atoms with Crippen LogP contribution in [0.15, 0.2) is 64.2 Å². The number of rotatable bonds is 14. The van der Waals surface area contributed by atoms with Gasteiger partial charge in [0.25, 0.3) is 0 Å². The van der Waals surface area contributed by atoms with Crippen molar-refractivity contribution >= 4 is 40.7 Å². The van der Waals surface area contributed by atoms with Gasteiger partial charge in [0, 0.05) is 42.1 Å². The summed E-state index contributed by atoms with van der Waals surface area (Å²) in [5.41, 5.74) is 2.47. The summed E-state index contributed by atoms with van der Waals surface area (Å²) < 4.78 is 25.3. The number of carbonyl (C=O) groups is 1. The molecule has 1 saturated heterocycles. The molecule has 0 bridgehead atoms. The molecule has 0 saturated carbocycles. The maximum atomic E-state index is 13.2. The highest BCUT2D eigenvalue weighted by molar-refractivity contribution is 8.03. The second kappa shape index (κ2) is 27.2. The highest BCUT2D eigenvalue weighted by atomic mass is 35.5. The van der Waals surface area contributed by atoms with Crippen LogP contribution in [-0.2, 0) is 4.79 Å². The van der Waals surface area contributed by atoms with Crippen molar-refractivity contribution in [1.82, 2.24) is 4.90 Å². The molecule has 1 aromatic rings. The molecule has 1 N–H and O–H groups in total. The fourth-order valence-electron chi connectivity index (χ4n) is 4.76. The lowest BCUT2D eigenvalue weighted by Gasteiger charge is -2.35. The third-order valence-corrected chi connectivity index (χ3v) is 9.29. The number of carbonyl (C=O) groups excluding carboxylic acids is 1. The summed E-state index contributed by atoms with van der Waals surface area (Å²) in [5, 5.41) is 11.4. The van der Waals surface area contributed by atoms with E-state index in [1.165, 1.54) is 31.9 Å². The molecule has 268 valence electrons. The number of thioether (sulfide) groups is 1. The number of unbranched alkanes of at least 4 members (excludes halogenated alkanes) is 1. The maximum absolute atomic E-state index is 13.2. The first-order valence-electron chi connectivity index (χ1n) is 17.5. The summed E-state index contributed by atoms with van der Waals surface area (Å²) in [5.74, 6) is 4.27. The van der Waals surface area contributed by atoms with E-state index in [-0.39, 0.29) is 17.0 Å². The number of aliphatic imine (C=N–C) groups is 1. The monoisotopic (exact) mass is 703 g/mol. The number of Topliss-reactive ketones (excluding diaryl/α,β-unsaturated/α-hetero) is 1. The molecule has 48 heavy (non-hydrogen) atoms. The van der Waals surface area contributed by atoms with Crippen LogP contribution >= 0.6 is 23.4 Å². The van der Waals surface area contributed by atoms with Crippen LogP contribution in [-0.4, -0.2) is 46.7 Å². The van der Waals surface area contributed by atoms with E-state index in [1.807, 2.05) is 32.5 Å². The van der Waals surface area contributed by atoms with Crippen LogP contribution in [0.2, 0.25) is 5.02 Å². The second-order valence-corrected chi connectivity index (χ2v) is 13.5. The highest BCUT2D eigenvalue weighted by Crippen LogP contribution is 2.38. The Bertz CT molecular complexity index is 1230. The Hall–Kier alpha value is -2.69. The highest BCUT2D eigenvalue weighted by Gasteiger charge is 2.39. The summed E-state index contributed by atoms with van der Waals surface area (Å²) in [7, 11) is 0. The number of hydrogen-bond acceptors (Lipinski definition) is 5. The summed E-state index contributed by atoms with van der Waals surface area (Å²) in [6.45, 7) is 17.7. The van der Waals surface area contributed by atoms with Gasteiger partial charge in [-0.15, -0.1) is 24.1 Å². The molecule has 0 aliphatic carbocycles. The van der Waals surface area contributed by atoms with Crippen LogP contribution in [0, 0.1) is 35.4 Å². The number of hydrogen-bond donors (Lipinski definition) is 1. The van der Waals surface area contributed by atoms with Gasteiger partial charge in [-0.05, 0) is 74.6 Å². The number of halogens is 3. The Morgan fingerprint density at radius 2 is 1.88 bits per heavy atom. The van der Waals surface area contributed by atoms with Crippen molar-refractivity contribution in [3.05, 3.63) is 70.0 Å². The quantitative estimate of drug-likeness (QED) is 0.155. The van der Waals surface area contributed by atoms with E-state index in [0.29, 0.717) is 48.2 Å². The van der Waals surface area contributed by atoms with Crippen molar-refractivity contribution < 1.29 is 13.6 Å². The summed E-state index contributed by atoms with van der Waals surface area (Å²) in [4.78, 5) is 19.7. The number of nitrogens with one attached hydrogen (secondary N) is 1. The summed E-state index contributed by atoms with van der Waals surface area (Å²) >= 11 is 7.21. The van der Waals surface area contributed by atoms with E-state index < -0.39 is 6.17 Å². The molecule has 0 radical (unpaired) electrons. The first kappa shape index (κ1) is 45.3. The lowest BCUT2D eigenvalue weighted by molar-refractivity contribution is -0.119. The van der Waals surface area contributed by atoms with Crippen LogP contribution in [0.25, 0.3) is 0 Å². The second-order valence-electron chi connectivity index (χ2n) is 12.0. The zero-order valence-electron chi connectivity index (χ0n) is 30.6. The van der Waals surface area contributed by atoms with Gasteiger partial charge in [-0.1, -0.05) is 90.6 Å². The van der Waals surface area contributed by atoms with Gasteiger partial charge < -0.3 is 10.3 Å². The Morgan fingerprint density at radius 3 is 2.35 bits per heavy atom. The van der Waals surface area contributed by atoms with Crippen LogP contribution in [0.1, 0.15) is 113 Å². The van der Waals surface area contributed by atoms with Gasteiger partial charge in [-0.2, -0.15) is 0 Å². The van der Waals surface area contributed by atoms with Crippen molar-refractivity contribution in [2.75, 3.05) is 13.1 Å². The smallest absolute Gasteiger partial charge is 0.133 e. The Morgan fingerprint density at radius 1 is 1.21 bits per heavy atom. The van der Waals surface area contributed by atoms with E-state index in [0.717, 1.165) is 49.3 Å². The third kappa shape index (κ3) is 18.2. The van der Waals surface area contributed by atoms with Crippen molar-refractivity contribution in [3.63, 3.8) is 0 Å². The van der Waals surface area contributed by atoms with Crippen molar-refractivity contribution in [3.8, 4) is 12.3 Å². The molecule has 0 aromatic heterocycles. The molecule has 4 unspecified atom stereocenters. The van der Waals surface area contributed by atoms with E-state index in [2.05, 4.69) is 50.0 Å². The van der Waals surface area contributed by atoms with Crippen LogP contribution in [0.5, 0.6) is 0 Å². The Labute approximate surface area is 300 Å². The number of benzene rings is 1. The molecule has 4 nitrogen and oxygen atoms in total. The van der Waals surface area contributed by atoms with E-state index in [4.69, 9.17) is 28.4 Å². The fourth-order valence-corrected chi connectivity index (χ4v) is 6.04. The predicted octanol–water partition coefficient (Wildman–Crippen LogP) is 12.1. The largest absolute Gasteiger partial charge is 0.332 e. The van der Waals surface area contributed by atoms with Crippen molar-refractivity contribution in [2.24, 2.45) is 16.8 Å². The molecule has 3 rings (SSSR count). The number of ketones is 1. The number of amidine groups is 1. The Balaban J connectivity index is 0.00000113. The molecular weight excluding hydrogens is 644 g/mol. The first-order valence-corrected chi connectivity index (χ1v) is 18.8. The zero-order chi connectivity index (χ0) is 36.5. The molecule has 0 spiro atoms. The summed E-state index contributed by atoms with van der Waals surface area (Å²) in [6.07, 6.45) is 17.2. The number of nitrogens with zero attached hydrogens (tertiary/aromatic N) is 2. The van der Waals surface area contributed by atoms with Gasteiger partial charge in [0.1, 0.15) is 23.6 Å². The molecule has 1 aromatic carbocycles. The van der Waals surface area contributed by atoms with Crippen molar-refractivity contribution in [2.45, 2.75) is 125 Å². The SMILES string of the molecule is C#CCC.C/C=C\SC(C1=NCC(C(=N)/C=C\CC(C)F)=C2CC(CC(=O)CCC)CN12)C(C)CC.CCCC.Fc1cccc(Cl)c1. The van der Waals surface area contributed by atoms with Crippen LogP contribution < -0.4 is 0 Å². The standard InChI is InChI=1S/C26H40FN3OS.C6H4ClF.C4H10.C4H6/c1-6-10-21(31)14-20-15-24-22(23(28)12-9-11-19(5)27)16-29-26(30(24)17-20)25(18(4)8-3)32-13-7-2;7-5-2-1-3-6(8)4-5;2*1-3-4-2/h7,9,12-13,18-20,25,28H,6,8,10-11,14-17H2,1-5H3;1-4H;3-4H2,1-2H3;1H,4H2,2H3/b12-9-,13-7-,28-23?;;;. The maximum Gasteiger partial charge on any atom is 0.133 e. The molecule has 2 aliphatic heterocycles. The van der Waals surface area contributed by atoms with Gasteiger partial charge in [-0.25, -0.2) is 8.78 Å². The van der Waals surface area contributed by atoms with E-state index in [9.17, 15) is 13.6 Å². The minimum Gasteiger partial charge on any atom is -0.332 e. The molecular formula is C40H60ClF2N3OS. The van der Waals surface area contributed by atoms with Gasteiger partial charge >= 0.3 is 0 Å². The van der Waals surface area contributed by atoms with Gasteiger partial charge in [0.05, 0.1) is 17.5 Å². The average Bonchev–Trinajstić information content (AvgIpc) is 3.48. The van der Waals surface area contributed by atoms with Crippen LogP contribution in [0.3, 0.4) is 0 Å². The van der Waals surface area contributed by atoms with E-state index >= 15 is 0 Å². The zero-order valence-corrected chi connectivity index (χ0v) is 32.2. The first-order chi connectivity index (χ1) is 22.9. The Kier molecular flexibility index (Phi) is 25.6. The van der Waals surface area contributed by atoms with Crippen molar-refractivity contribution in [1.29, 1.82) is 5.41 Å².